The molecule has 112 valence electrons. The molecule has 0 spiro atoms. The third kappa shape index (κ3) is 3.81. The van der Waals surface area contributed by atoms with Gasteiger partial charge in [0.25, 0.3) is 0 Å². The second kappa shape index (κ2) is 5.84. The Morgan fingerprint density at radius 2 is 2.00 bits per heavy atom. The number of aliphatic hydroxyl groups is 1. The molecule has 0 unspecified atom stereocenters. The van der Waals surface area contributed by atoms with Crippen LogP contribution < -0.4 is 0 Å². The van der Waals surface area contributed by atoms with Gasteiger partial charge in [0.2, 0.25) is 10.0 Å². The molecule has 0 aliphatic carbocycles. The number of benzene rings is 1. The molecule has 1 aliphatic rings. The lowest BCUT2D eigenvalue weighted by molar-refractivity contribution is 0.186. The fourth-order valence-corrected chi connectivity index (χ4v) is 4.46. The highest BCUT2D eigenvalue weighted by atomic mass is 32.2. The van der Waals surface area contributed by atoms with Crippen LogP contribution in [0.4, 0.5) is 0 Å². The first-order valence-electron chi connectivity index (χ1n) is 6.99. The van der Waals surface area contributed by atoms with E-state index in [1.807, 2.05) is 0 Å². The van der Waals surface area contributed by atoms with E-state index in [1.54, 1.807) is 28.6 Å². The molecule has 20 heavy (non-hydrogen) atoms. The molecule has 0 radical (unpaired) electrons. The predicted molar refractivity (Wildman–Crippen MR) is 79.6 cm³/mol. The van der Waals surface area contributed by atoms with Crippen LogP contribution in [-0.4, -0.2) is 30.9 Å². The van der Waals surface area contributed by atoms with E-state index in [2.05, 4.69) is 13.8 Å². The first-order chi connectivity index (χ1) is 9.32. The van der Waals surface area contributed by atoms with E-state index >= 15 is 0 Å². The number of hydrogen-bond donors (Lipinski definition) is 1. The SMILES string of the molecule is CC1(C)CCCN(S(=O)(=O)Cc2cccc(CO)c2)C1. The molecule has 1 aromatic carbocycles. The molecule has 0 amide bonds. The van der Waals surface area contributed by atoms with Crippen LogP contribution in [0, 0.1) is 5.41 Å². The van der Waals surface area contributed by atoms with Crippen LogP contribution in [-0.2, 0) is 22.4 Å². The lowest BCUT2D eigenvalue weighted by Crippen LogP contribution is -2.43. The highest BCUT2D eigenvalue weighted by Gasteiger charge is 2.33. The Labute approximate surface area is 121 Å². The predicted octanol–water partition coefficient (Wildman–Crippen LogP) is 2.13. The summed E-state index contributed by atoms with van der Waals surface area (Å²) in [7, 11) is -3.28. The third-order valence-corrected chi connectivity index (χ3v) is 5.58. The van der Waals surface area contributed by atoms with Gasteiger partial charge in [-0.2, -0.15) is 0 Å². The van der Waals surface area contributed by atoms with Gasteiger partial charge in [-0.05, 0) is 29.4 Å². The van der Waals surface area contributed by atoms with E-state index in [4.69, 9.17) is 5.11 Å². The van der Waals surface area contributed by atoms with Crippen molar-refractivity contribution in [3.63, 3.8) is 0 Å². The fraction of sp³-hybridized carbons (Fsp3) is 0.600. The quantitative estimate of drug-likeness (QED) is 0.926. The molecule has 0 aromatic heterocycles. The minimum absolute atomic E-state index is 0.0108. The molecule has 4 nitrogen and oxygen atoms in total. The number of rotatable bonds is 4. The van der Waals surface area contributed by atoms with Crippen molar-refractivity contribution < 1.29 is 13.5 Å². The molecule has 1 saturated heterocycles. The topological polar surface area (TPSA) is 57.6 Å². The number of piperidine rings is 1. The smallest absolute Gasteiger partial charge is 0.218 e. The molecule has 0 atom stereocenters. The molecule has 1 aliphatic heterocycles. The van der Waals surface area contributed by atoms with Gasteiger partial charge in [-0.3, -0.25) is 0 Å². The zero-order valence-corrected chi connectivity index (χ0v) is 13.0. The Balaban J connectivity index is 2.14. The van der Waals surface area contributed by atoms with Crippen molar-refractivity contribution in [2.45, 2.75) is 39.0 Å². The number of aliphatic hydroxyl groups excluding tert-OH is 1. The minimum Gasteiger partial charge on any atom is -0.392 e. The highest BCUT2D eigenvalue weighted by Crippen LogP contribution is 2.30. The van der Waals surface area contributed by atoms with E-state index in [-0.39, 0.29) is 17.8 Å². The van der Waals surface area contributed by atoms with Crippen molar-refractivity contribution in [3.05, 3.63) is 35.4 Å². The van der Waals surface area contributed by atoms with Crippen LogP contribution in [0.1, 0.15) is 37.8 Å². The molecule has 1 N–H and O–H groups in total. The maximum absolute atomic E-state index is 12.5. The van der Waals surface area contributed by atoms with Gasteiger partial charge in [0.1, 0.15) is 0 Å². The van der Waals surface area contributed by atoms with Gasteiger partial charge < -0.3 is 5.11 Å². The number of hydrogen-bond acceptors (Lipinski definition) is 3. The van der Waals surface area contributed by atoms with E-state index in [9.17, 15) is 8.42 Å². The number of nitrogens with zero attached hydrogens (tertiary/aromatic N) is 1. The zero-order valence-electron chi connectivity index (χ0n) is 12.2. The van der Waals surface area contributed by atoms with Crippen LogP contribution in [0.25, 0.3) is 0 Å². The molecule has 5 heteroatoms. The second-order valence-electron chi connectivity index (χ2n) is 6.34. The summed E-state index contributed by atoms with van der Waals surface area (Å²) in [5.74, 6) is 0.0108. The molecule has 2 rings (SSSR count). The lowest BCUT2D eigenvalue weighted by Gasteiger charge is -2.37. The molecule has 1 aromatic rings. The summed E-state index contributed by atoms with van der Waals surface area (Å²) >= 11 is 0. The van der Waals surface area contributed by atoms with Gasteiger partial charge in [-0.25, -0.2) is 12.7 Å². The van der Waals surface area contributed by atoms with E-state index in [0.717, 1.165) is 24.0 Å². The maximum atomic E-state index is 12.5. The summed E-state index contributed by atoms with van der Waals surface area (Å²) in [6, 6.07) is 7.13. The Morgan fingerprint density at radius 3 is 2.65 bits per heavy atom. The Bertz CT molecular complexity index is 566. The third-order valence-electron chi connectivity index (χ3n) is 3.78. The monoisotopic (exact) mass is 297 g/mol. The van der Waals surface area contributed by atoms with Crippen LogP contribution in [0.15, 0.2) is 24.3 Å². The summed E-state index contributed by atoms with van der Waals surface area (Å²) in [6.45, 7) is 5.37. The van der Waals surface area contributed by atoms with Crippen molar-refractivity contribution >= 4 is 10.0 Å². The standard InChI is InChI=1S/C15H23NO3S/c1-15(2)7-4-8-16(12-15)20(18,19)11-14-6-3-5-13(9-14)10-17/h3,5-6,9,17H,4,7-8,10-12H2,1-2H3. The van der Waals surface area contributed by atoms with E-state index in [0.29, 0.717) is 13.1 Å². The van der Waals surface area contributed by atoms with Crippen molar-refractivity contribution in [2.75, 3.05) is 13.1 Å². The number of sulfonamides is 1. The van der Waals surface area contributed by atoms with Crippen LogP contribution in [0.3, 0.4) is 0 Å². The average molecular weight is 297 g/mol. The van der Waals surface area contributed by atoms with Crippen LogP contribution in [0.2, 0.25) is 0 Å². The van der Waals surface area contributed by atoms with Gasteiger partial charge in [0, 0.05) is 13.1 Å². The molecule has 1 heterocycles. The molecule has 0 bridgehead atoms. The highest BCUT2D eigenvalue weighted by molar-refractivity contribution is 7.88. The van der Waals surface area contributed by atoms with Gasteiger partial charge >= 0.3 is 0 Å². The zero-order chi connectivity index (χ0) is 14.8. The lowest BCUT2D eigenvalue weighted by atomic mass is 9.85. The Kier molecular flexibility index (Phi) is 4.52. The van der Waals surface area contributed by atoms with Gasteiger partial charge in [-0.1, -0.05) is 38.1 Å². The summed E-state index contributed by atoms with van der Waals surface area (Å²) in [5, 5.41) is 9.12. The fourth-order valence-electron chi connectivity index (χ4n) is 2.73. The van der Waals surface area contributed by atoms with Gasteiger partial charge in [-0.15, -0.1) is 0 Å². The second-order valence-corrected chi connectivity index (χ2v) is 8.30. The summed E-state index contributed by atoms with van der Waals surface area (Å²) in [4.78, 5) is 0. The molecular formula is C15H23NO3S. The normalized spacial score (nSPS) is 19.9. The first kappa shape index (κ1) is 15.5. The summed E-state index contributed by atoms with van der Waals surface area (Å²) in [5.41, 5.74) is 1.54. The Hall–Kier alpha value is -0.910. The van der Waals surface area contributed by atoms with E-state index < -0.39 is 10.0 Å². The van der Waals surface area contributed by atoms with E-state index in [1.165, 1.54) is 0 Å². The van der Waals surface area contributed by atoms with Crippen LogP contribution in [0.5, 0.6) is 0 Å². The minimum atomic E-state index is -3.28. The van der Waals surface area contributed by atoms with Crippen molar-refractivity contribution in [2.24, 2.45) is 5.41 Å². The molecule has 1 fully saturated rings. The Morgan fingerprint density at radius 1 is 1.30 bits per heavy atom. The van der Waals surface area contributed by atoms with Crippen molar-refractivity contribution in [3.8, 4) is 0 Å². The molecule has 0 saturated carbocycles. The average Bonchev–Trinajstić information content (AvgIpc) is 2.37. The van der Waals surface area contributed by atoms with Crippen molar-refractivity contribution in [1.29, 1.82) is 0 Å². The molecular weight excluding hydrogens is 274 g/mol. The van der Waals surface area contributed by atoms with Gasteiger partial charge in [0.15, 0.2) is 0 Å². The maximum Gasteiger partial charge on any atom is 0.218 e. The van der Waals surface area contributed by atoms with Gasteiger partial charge in [0.05, 0.1) is 12.4 Å². The summed E-state index contributed by atoms with van der Waals surface area (Å²) < 4.78 is 26.6. The van der Waals surface area contributed by atoms with Crippen molar-refractivity contribution in [1.82, 2.24) is 4.31 Å². The first-order valence-corrected chi connectivity index (χ1v) is 8.60. The van der Waals surface area contributed by atoms with Crippen LogP contribution >= 0.6 is 0 Å². The largest absolute Gasteiger partial charge is 0.392 e. The summed E-state index contributed by atoms with van der Waals surface area (Å²) in [6.07, 6.45) is 1.99.